The van der Waals surface area contributed by atoms with Crippen molar-refractivity contribution in [2.75, 3.05) is 6.54 Å². The molecule has 2 unspecified atom stereocenters. The van der Waals surface area contributed by atoms with Crippen molar-refractivity contribution in [2.45, 2.75) is 58.6 Å². The summed E-state index contributed by atoms with van der Waals surface area (Å²) in [6, 6.07) is -0.0176. The molecule has 104 valence electrons. The van der Waals surface area contributed by atoms with Gasteiger partial charge in [-0.1, -0.05) is 6.92 Å². The second kappa shape index (κ2) is 5.59. The van der Waals surface area contributed by atoms with Crippen LogP contribution in [0.3, 0.4) is 0 Å². The van der Waals surface area contributed by atoms with Crippen LogP contribution < -0.4 is 0 Å². The summed E-state index contributed by atoms with van der Waals surface area (Å²) in [5.41, 5.74) is -0.514. The second-order valence-electron chi connectivity index (χ2n) is 5.80. The summed E-state index contributed by atoms with van der Waals surface area (Å²) >= 11 is 0. The number of carboxylic acids is 1. The van der Waals surface area contributed by atoms with Crippen molar-refractivity contribution < 1.29 is 19.4 Å². The molecule has 1 fully saturated rings. The van der Waals surface area contributed by atoms with Crippen molar-refractivity contribution in [3.8, 4) is 0 Å². The number of nitrogens with zero attached hydrogens (tertiary/aromatic N) is 1. The zero-order valence-corrected chi connectivity index (χ0v) is 11.6. The van der Waals surface area contributed by atoms with Gasteiger partial charge in [0.15, 0.2) is 0 Å². The minimum absolute atomic E-state index is 0.0176. The van der Waals surface area contributed by atoms with Crippen LogP contribution in [-0.4, -0.2) is 40.3 Å². The third-order valence-electron chi connectivity index (χ3n) is 3.17. The minimum atomic E-state index is -0.801. The van der Waals surface area contributed by atoms with Crippen LogP contribution in [0.25, 0.3) is 0 Å². The van der Waals surface area contributed by atoms with Crippen molar-refractivity contribution in [1.82, 2.24) is 4.90 Å². The molecule has 5 nitrogen and oxygen atoms in total. The molecule has 5 heteroatoms. The lowest BCUT2D eigenvalue weighted by Gasteiger charge is -2.29. The van der Waals surface area contributed by atoms with Gasteiger partial charge in [-0.05, 0) is 39.5 Å². The lowest BCUT2D eigenvalue weighted by molar-refractivity contribution is -0.138. The molecule has 1 aliphatic rings. The zero-order valence-electron chi connectivity index (χ0n) is 11.6. The zero-order chi connectivity index (χ0) is 13.9. The molecule has 1 amide bonds. The van der Waals surface area contributed by atoms with Gasteiger partial charge < -0.3 is 14.7 Å². The predicted molar refractivity (Wildman–Crippen MR) is 67.4 cm³/mol. The summed E-state index contributed by atoms with van der Waals surface area (Å²) in [6.45, 7) is 8.05. The number of likely N-dealkylation sites (tertiary alicyclic amines) is 1. The van der Waals surface area contributed by atoms with Crippen molar-refractivity contribution in [3.63, 3.8) is 0 Å². The number of hydrogen-bond donors (Lipinski definition) is 1. The van der Waals surface area contributed by atoms with Gasteiger partial charge >= 0.3 is 12.1 Å². The number of aliphatic carboxylic acids is 1. The average molecular weight is 257 g/mol. The number of carbonyl (C=O) groups excluding carboxylic acids is 1. The van der Waals surface area contributed by atoms with E-state index in [1.54, 1.807) is 4.90 Å². The van der Waals surface area contributed by atoms with Gasteiger partial charge in [-0.2, -0.15) is 0 Å². The Morgan fingerprint density at radius 3 is 2.44 bits per heavy atom. The molecule has 0 radical (unpaired) electrons. The fourth-order valence-electron chi connectivity index (χ4n) is 2.48. The maximum atomic E-state index is 12.0. The third kappa shape index (κ3) is 3.89. The largest absolute Gasteiger partial charge is 0.481 e. The van der Waals surface area contributed by atoms with E-state index in [1.165, 1.54) is 0 Å². The first-order valence-electron chi connectivity index (χ1n) is 6.46. The molecular formula is C13H23NO4. The molecule has 1 saturated heterocycles. The molecule has 2 atom stereocenters. The highest BCUT2D eigenvalue weighted by Gasteiger charge is 2.38. The topological polar surface area (TPSA) is 66.8 Å². The number of carbonyl (C=O) groups is 2. The molecule has 0 aromatic carbocycles. The normalized spacial score (nSPS) is 24.1. The molecule has 0 saturated carbocycles. The van der Waals surface area contributed by atoms with E-state index < -0.39 is 11.6 Å². The van der Waals surface area contributed by atoms with E-state index in [-0.39, 0.29) is 24.5 Å². The monoisotopic (exact) mass is 257 g/mol. The van der Waals surface area contributed by atoms with E-state index in [0.717, 1.165) is 12.8 Å². The van der Waals surface area contributed by atoms with Gasteiger partial charge in [0.25, 0.3) is 0 Å². The third-order valence-corrected chi connectivity index (χ3v) is 3.17. The molecule has 0 spiro atoms. The maximum Gasteiger partial charge on any atom is 0.410 e. The number of hydrogen-bond acceptors (Lipinski definition) is 3. The van der Waals surface area contributed by atoms with E-state index in [0.29, 0.717) is 6.54 Å². The van der Waals surface area contributed by atoms with Gasteiger partial charge in [0.05, 0.1) is 6.42 Å². The SMILES string of the molecule is CCC1C(CC(=O)O)CCN1C(=O)OC(C)(C)C. The van der Waals surface area contributed by atoms with E-state index in [9.17, 15) is 9.59 Å². The number of rotatable bonds is 3. The Balaban J connectivity index is 2.67. The number of carboxylic acid groups (broad SMARTS) is 1. The van der Waals surface area contributed by atoms with E-state index in [4.69, 9.17) is 9.84 Å². The first-order valence-corrected chi connectivity index (χ1v) is 6.46. The van der Waals surface area contributed by atoms with E-state index >= 15 is 0 Å². The fourth-order valence-corrected chi connectivity index (χ4v) is 2.48. The molecule has 0 aromatic rings. The van der Waals surface area contributed by atoms with E-state index in [2.05, 4.69) is 0 Å². The molecule has 0 aromatic heterocycles. The van der Waals surface area contributed by atoms with E-state index in [1.807, 2.05) is 27.7 Å². The molecule has 1 rings (SSSR count). The standard InChI is InChI=1S/C13H23NO4/c1-5-10-9(8-11(15)16)6-7-14(10)12(17)18-13(2,3)4/h9-10H,5-8H2,1-4H3,(H,15,16). The Morgan fingerprint density at radius 2 is 2.00 bits per heavy atom. The average Bonchev–Trinajstić information content (AvgIpc) is 2.57. The quantitative estimate of drug-likeness (QED) is 0.843. The Hall–Kier alpha value is -1.26. The van der Waals surface area contributed by atoms with Crippen LogP contribution in [0.1, 0.15) is 47.0 Å². The van der Waals surface area contributed by atoms with Gasteiger partial charge in [-0.15, -0.1) is 0 Å². The van der Waals surface area contributed by atoms with Crippen LogP contribution in [0, 0.1) is 5.92 Å². The van der Waals surface area contributed by atoms with Crippen LogP contribution >= 0.6 is 0 Å². The fraction of sp³-hybridized carbons (Fsp3) is 0.846. The maximum absolute atomic E-state index is 12.0. The molecular weight excluding hydrogens is 234 g/mol. The summed E-state index contributed by atoms with van der Waals surface area (Å²) in [5.74, 6) is -0.760. The summed E-state index contributed by atoms with van der Waals surface area (Å²) in [6.07, 6.45) is 1.29. The first kappa shape index (κ1) is 14.8. The second-order valence-corrected chi connectivity index (χ2v) is 5.80. The van der Waals surface area contributed by atoms with Crippen LogP contribution in [0.15, 0.2) is 0 Å². The summed E-state index contributed by atoms with van der Waals surface area (Å²) < 4.78 is 5.35. The highest BCUT2D eigenvalue weighted by atomic mass is 16.6. The smallest absolute Gasteiger partial charge is 0.410 e. The predicted octanol–water partition coefficient (Wildman–Crippen LogP) is 2.50. The highest BCUT2D eigenvalue weighted by Crippen LogP contribution is 2.30. The van der Waals surface area contributed by atoms with Gasteiger partial charge in [-0.3, -0.25) is 4.79 Å². The minimum Gasteiger partial charge on any atom is -0.481 e. The first-order chi connectivity index (χ1) is 8.24. The molecule has 1 heterocycles. The molecule has 1 N–H and O–H groups in total. The van der Waals surface area contributed by atoms with Crippen molar-refractivity contribution in [1.29, 1.82) is 0 Å². The molecule has 18 heavy (non-hydrogen) atoms. The number of amides is 1. The summed E-state index contributed by atoms with van der Waals surface area (Å²) in [4.78, 5) is 24.5. The Morgan fingerprint density at radius 1 is 1.39 bits per heavy atom. The van der Waals surface area contributed by atoms with Crippen molar-refractivity contribution >= 4 is 12.1 Å². The molecule has 0 bridgehead atoms. The van der Waals surface area contributed by atoms with Crippen LogP contribution in [0.4, 0.5) is 4.79 Å². The Bertz CT molecular complexity index is 321. The van der Waals surface area contributed by atoms with Crippen molar-refractivity contribution in [2.24, 2.45) is 5.92 Å². The van der Waals surface area contributed by atoms with Crippen LogP contribution in [0.2, 0.25) is 0 Å². The highest BCUT2D eigenvalue weighted by molar-refractivity contribution is 5.70. The molecule has 0 aliphatic carbocycles. The van der Waals surface area contributed by atoms with Crippen molar-refractivity contribution in [3.05, 3.63) is 0 Å². The Labute approximate surface area is 108 Å². The lowest BCUT2D eigenvalue weighted by atomic mass is 9.95. The van der Waals surface area contributed by atoms with Crippen LogP contribution in [0.5, 0.6) is 0 Å². The van der Waals surface area contributed by atoms with Gasteiger partial charge in [0.2, 0.25) is 0 Å². The van der Waals surface area contributed by atoms with Gasteiger partial charge in [0.1, 0.15) is 5.60 Å². The number of ether oxygens (including phenoxy) is 1. The lowest BCUT2D eigenvalue weighted by Crippen LogP contribution is -2.41. The van der Waals surface area contributed by atoms with Gasteiger partial charge in [-0.25, -0.2) is 4.79 Å². The van der Waals surface area contributed by atoms with Gasteiger partial charge in [0, 0.05) is 12.6 Å². The molecule has 1 aliphatic heterocycles. The summed E-state index contributed by atoms with van der Waals surface area (Å²) in [7, 11) is 0. The Kier molecular flexibility index (Phi) is 4.59. The van der Waals surface area contributed by atoms with Crippen LogP contribution in [-0.2, 0) is 9.53 Å². The summed E-state index contributed by atoms with van der Waals surface area (Å²) in [5, 5.41) is 8.86.